The fraction of sp³-hybridized carbons (Fsp3) is 0.214. The zero-order valence-corrected chi connectivity index (χ0v) is 20.7. The number of aromatic nitrogens is 1. The molecule has 4 aromatic rings. The summed E-state index contributed by atoms with van der Waals surface area (Å²) < 4.78 is 27.5. The Morgan fingerprint density at radius 3 is 2.32 bits per heavy atom. The van der Waals surface area contributed by atoms with Crippen molar-refractivity contribution >= 4 is 22.3 Å². The van der Waals surface area contributed by atoms with Crippen LogP contribution in [0.15, 0.2) is 66.9 Å². The largest absolute Gasteiger partial charge is 0.493 e. The predicted molar refractivity (Wildman–Crippen MR) is 139 cm³/mol. The molecule has 0 bridgehead atoms. The number of rotatable bonds is 11. The second-order valence-electron chi connectivity index (χ2n) is 8.00. The normalized spacial score (nSPS) is 11.4. The minimum atomic E-state index is -0.786. The number of hydrogen-bond acceptors (Lipinski definition) is 9. The molecular formula is C28H27N3O6. The van der Waals surface area contributed by atoms with Crippen molar-refractivity contribution in [3.63, 3.8) is 0 Å². The Morgan fingerprint density at radius 2 is 1.65 bits per heavy atom. The Labute approximate surface area is 214 Å². The number of anilines is 2. The molecule has 190 valence electrons. The first-order valence-electron chi connectivity index (χ1n) is 11.4. The number of ether oxygens (including phenoxy) is 5. The maximum absolute atomic E-state index is 9.92. The quantitative estimate of drug-likeness (QED) is 0.291. The average Bonchev–Trinajstić information content (AvgIpc) is 2.93. The minimum absolute atomic E-state index is 0.0281. The van der Waals surface area contributed by atoms with Crippen LogP contribution in [0.5, 0.6) is 28.7 Å². The number of aliphatic hydroxyl groups excluding tert-OH is 1. The van der Waals surface area contributed by atoms with Crippen LogP contribution in [0, 0.1) is 11.3 Å². The Kier molecular flexibility index (Phi) is 8.26. The molecule has 4 rings (SSSR count). The number of pyridine rings is 1. The summed E-state index contributed by atoms with van der Waals surface area (Å²) in [5.41, 5.74) is 2.29. The van der Waals surface area contributed by atoms with Gasteiger partial charge < -0.3 is 34.1 Å². The number of benzene rings is 3. The third-order valence-corrected chi connectivity index (χ3v) is 5.48. The van der Waals surface area contributed by atoms with Crippen LogP contribution in [0.4, 0.5) is 11.4 Å². The van der Waals surface area contributed by atoms with Crippen molar-refractivity contribution in [2.24, 2.45) is 0 Å². The average molecular weight is 502 g/mol. The molecule has 0 aliphatic rings. The summed E-state index contributed by atoms with van der Waals surface area (Å²) in [6.07, 6.45) is 0.714. The summed E-state index contributed by atoms with van der Waals surface area (Å²) in [5.74, 6) is 2.74. The van der Waals surface area contributed by atoms with E-state index in [2.05, 4.69) is 16.4 Å². The van der Waals surface area contributed by atoms with E-state index >= 15 is 0 Å². The van der Waals surface area contributed by atoms with E-state index < -0.39 is 6.10 Å². The first kappa shape index (κ1) is 25.6. The van der Waals surface area contributed by atoms with Crippen molar-refractivity contribution in [1.82, 2.24) is 4.98 Å². The van der Waals surface area contributed by atoms with Crippen molar-refractivity contribution < 1.29 is 28.8 Å². The van der Waals surface area contributed by atoms with E-state index in [-0.39, 0.29) is 13.2 Å². The monoisotopic (exact) mass is 501 g/mol. The SMILES string of the molecule is COCC(O)COc1cc2ncc(C#N)c(Nc3ccc(Oc4ccccc4OC)cc3)c2cc1OC. The molecule has 3 aromatic carbocycles. The highest BCUT2D eigenvalue weighted by Crippen LogP contribution is 2.38. The van der Waals surface area contributed by atoms with Gasteiger partial charge >= 0.3 is 0 Å². The molecule has 1 aromatic heterocycles. The molecule has 37 heavy (non-hydrogen) atoms. The molecule has 0 aliphatic carbocycles. The van der Waals surface area contributed by atoms with E-state index in [1.165, 1.54) is 20.4 Å². The minimum Gasteiger partial charge on any atom is -0.493 e. The highest BCUT2D eigenvalue weighted by molar-refractivity contribution is 5.97. The summed E-state index contributed by atoms with van der Waals surface area (Å²) in [6.45, 7) is 0.177. The maximum Gasteiger partial charge on any atom is 0.169 e. The number of nitrogens with zero attached hydrogens (tertiary/aromatic N) is 2. The number of aliphatic hydroxyl groups is 1. The van der Waals surface area contributed by atoms with Gasteiger partial charge in [0, 0.05) is 30.4 Å². The van der Waals surface area contributed by atoms with Crippen molar-refractivity contribution in [2.45, 2.75) is 6.10 Å². The number of para-hydroxylation sites is 2. The van der Waals surface area contributed by atoms with Gasteiger partial charge in [0.05, 0.1) is 37.6 Å². The lowest BCUT2D eigenvalue weighted by Gasteiger charge is -2.17. The number of nitriles is 1. The fourth-order valence-electron chi connectivity index (χ4n) is 3.70. The third kappa shape index (κ3) is 6.01. The molecule has 9 heteroatoms. The van der Waals surface area contributed by atoms with Gasteiger partial charge in [0.15, 0.2) is 23.0 Å². The van der Waals surface area contributed by atoms with Gasteiger partial charge in [-0.15, -0.1) is 0 Å². The lowest BCUT2D eigenvalue weighted by atomic mass is 10.1. The lowest BCUT2D eigenvalue weighted by Crippen LogP contribution is -2.22. The molecule has 0 radical (unpaired) electrons. The van der Waals surface area contributed by atoms with E-state index in [1.807, 2.05) is 48.5 Å². The van der Waals surface area contributed by atoms with E-state index in [1.54, 1.807) is 19.2 Å². The molecule has 1 unspecified atom stereocenters. The first-order chi connectivity index (χ1) is 18.1. The van der Waals surface area contributed by atoms with Gasteiger partial charge in [0.1, 0.15) is 24.5 Å². The molecule has 1 heterocycles. The van der Waals surface area contributed by atoms with Crippen molar-refractivity contribution in [2.75, 3.05) is 39.9 Å². The summed E-state index contributed by atoms with van der Waals surface area (Å²) in [4.78, 5) is 4.41. The number of fused-ring (bicyclic) bond motifs is 1. The van der Waals surface area contributed by atoms with Gasteiger partial charge in [0.2, 0.25) is 0 Å². The van der Waals surface area contributed by atoms with Gasteiger partial charge in [-0.3, -0.25) is 4.98 Å². The van der Waals surface area contributed by atoms with Gasteiger partial charge in [-0.25, -0.2) is 0 Å². The topological polar surface area (TPSA) is 115 Å². The Morgan fingerprint density at radius 1 is 0.919 bits per heavy atom. The lowest BCUT2D eigenvalue weighted by molar-refractivity contribution is 0.0319. The number of methoxy groups -OCH3 is 3. The molecule has 1 atom stereocenters. The zero-order valence-electron chi connectivity index (χ0n) is 20.7. The second-order valence-corrected chi connectivity index (χ2v) is 8.00. The van der Waals surface area contributed by atoms with Gasteiger partial charge in [0.25, 0.3) is 0 Å². The first-order valence-corrected chi connectivity index (χ1v) is 11.4. The fourth-order valence-corrected chi connectivity index (χ4v) is 3.70. The molecule has 0 spiro atoms. The molecule has 2 N–H and O–H groups in total. The predicted octanol–water partition coefficient (Wildman–Crippen LogP) is 5.05. The summed E-state index contributed by atoms with van der Waals surface area (Å²) in [7, 11) is 4.62. The van der Waals surface area contributed by atoms with E-state index in [0.29, 0.717) is 50.9 Å². The standard InChI is InChI=1S/C28H27N3O6/c1-33-16-20(32)17-36-27-13-23-22(12-26(27)35-3)28(18(14-29)15-30-23)31-19-8-10-21(11-9-19)37-25-7-5-4-6-24(25)34-2/h4-13,15,20,32H,16-17H2,1-3H3,(H,30,31). The van der Waals surface area contributed by atoms with Crippen LogP contribution in [0.3, 0.4) is 0 Å². The number of hydrogen-bond donors (Lipinski definition) is 2. The summed E-state index contributed by atoms with van der Waals surface area (Å²) in [6, 6.07) is 20.4. The Balaban J connectivity index is 1.61. The highest BCUT2D eigenvalue weighted by atomic mass is 16.5. The molecule has 0 saturated carbocycles. The molecule has 0 fully saturated rings. The van der Waals surface area contributed by atoms with E-state index in [4.69, 9.17) is 23.7 Å². The Bertz CT molecular complexity index is 1400. The second kappa shape index (κ2) is 11.9. The summed E-state index contributed by atoms with van der Waals surface area (Å²) >= 11 is 0. The van der Waals surface area contributed by atoms with Crippen LogP contribution in [0.2, 0.25) is 0 Å². The maximum atomic E-state index is 9.92. The molecule has 0 amide bonds. The van der Waals surface area contributed by atoms with Crippen LogP contribution in [-0.2, 0) is 4.74 Å². The van der Waals surface area contributed by atoms with Crippen LogP contribution in [0.1, 0.15) is 5.56 Å². The highest BCUT2D eigenvalue weighted by Gasteiger charge is 2.16. The van der Waals surface area contributed by atoms with Crippen LogP contribution in [0.25, 0.3) is 10.9 Å². The van der Waals surface area contributed by atoms with Gasteiger partial charge in [-0.1, -0.05) is 12.1 Å². The molecule has 0 aliphatic heterocycles. The smallest absolute Gasteiger partial charge is 0.169 e. The Hall–Kier alpha value is -4.52. The van der Waals surface area contributed by atoms with E-state index in [0.717, 1.165) is 5.69 Å². The van der Waals surface area contributed by atoms with Crippen molar-refractivity contribution in [1.29, 1.82) is 5.26 Å². The third-order valence-electron chi connectivity index (χ3n) is 5.48. The molecular weight excluding hydrogens is 474 g/mol. The molecule has 0 saturated heterocycles. The van der Waals surface area contributed by atoms with E-state index in [9.17, 15) is 10.4 Å². The van der Waals surface area contributed by atoms with Gasteiger partial charge in [-0.2, -0.15) is 5.26 Å². The zero-order chi connectivity index (χ0) is 26.2. The summed E-state index contributed by atoms with van der Waals surface area (Å²) in [5, 5.41) is 23.7. The van der Waals surface area contributed by atoms with Crippen molar-refractivity contribution in [3.8, 4) is 34.8 Å². The van der Waals surface area contributed by atoms with Crippen LogP contribution in [-0.4, -0.2) is 50.7 Å². The number of nitrogens with one attached hydrogen (secondary N) is 1. The van der Waals surface area contributed by atoms with Crippen molar-refractivity contribution in [3.05, 3.63) is 72.4 Å². The van der Waals surface area contributed by atoms with Crippen LogP contribution >= 0.6 is 0 Å². The molecule has 9 nitrogen and oxygen atoms in total. The van der Waals surface area contributed by atoms with Crippen LogP contribution < -0.4 is 24.3 Å². The van der Waals surface area contributed by atoms with Gasteiger partial charge in [-0.05, 0) is 42.5 Å².